The minimum absolute atomic E-state index is 0.0771. The zero-order valence-corrected chi connectivity index (χ0v) is 11.2. The SMILES string of the molecule is CCNc1ncnc(OC(C)C(C)C)c1OC. The lowest BCUT2D eigenvalue weighted by atomic mass is 10.1. The largest absolute Gasteiger partial charge is 0.489 e. The van der Waals surface area contributed by atoms with Crippen LogP contribution in [0.3, 0.4) is 0 Å². The number of ether oxygens (including phenoxy) is 2. The number of aromatic nitrogens is 2. The highest BCUT2D eigenvalue weighted by atomic mass is 16.5. The Balaban J connectivity index is 2.94. The number of hydrogen-bond donors (Lipinski definition) is 1. The smallest absolute Gasteiger partial charge is 0.262 e. The summed E-state index contributed by atoms with van der Waals surface area (Å²) in [4.78, 5) is 8.24. The fourth-order valence-electron chi connectivity index (χ4n) is 1.23. The minimum Gasteiger partial charge on any atom is -0.489 e. The molecule has 96 valence electrons. The van der Waals surface area contributed by atoms with E-state index in [1.54, 1.807) is 7.11 Å². The second-order valence-corrected chi connectivity index (χ2v) is 4.16. The third kappa shape index (κ3) is 3.47. The molecule has 0 radical (unpaired) electrons. The maximum absolute atomic E-state index is 5.77. The predicted octanol–water partition coefficient (Wildman–Crippen LogP) is 2.34. The van der Waals surface area contributed by atoms with Gasteiger partial charge in [0.25, 0.3) is 5.88 Å². The summed E-state index contributed by atoms with van der Waals surface area (Å²) in [5.74, 6) is 2.12. The summed E-state index contributed by atoms with van der Waals surface area (Å²) < 4.78 is 11.1. The lowest BCUT2D eigenvalue weighted by Gasteiger charge is -2.19. The summed E-state index contributed by atoms with van der Waals surface area (Å²) in [6.45, 7) is 8.98. The molecule has 1 atom stereocenters. The second kappa shape index (κ2) is 6.27. The molecule has 1 aromatic heterocycles. The van der Waals surface area contributed by atoms with Crippen LogP contribution >= 0.6 is 0 Å². The van der Waals surface area contributed by atoms with Crippen molar-refractivity contribution in [3.05, 3.63) is 6.33 Å². The molecule has 0 bridgehead atoms. The number of methoxy groups -OCH3 is 1. The van der Waals surface area contributed by atoms with Crippen molar-refractivity contribution < 1.29 is 9.47 Å². The summed E-state index contributed by atoms with van der Waals surface area (Å²) >= 11 is 0. The first-order valence-corrected chi connectivity index (χ1v) is 5.89. The molecular formula is C12H21N3O2. The first-order valence-electron chi connectivity index (χ1n) is 5.89. The fourth-order valence-corrected chi connectivity index (χ4v) is 1.23. The minimum atomic E-state index is 0.0771. The maximum atomic E-state index is 5.77. The Kier molecular flexibility index (Phi) is 5.00. The molecule has 0 amide bonds. The molecule has 0 saturated carbocycles. The molecule has 0 aliphatic heterocycles. The molecule has 17 heavy (non-hydrogen) atoms. The molecule has 5 heteroatoms. The number of nitrogens with one attached hydrogen (secondary N) is 1. The van der Waals surface area contributed by atoms with Crippen LogP contribution in [0.25, 0.3) is 0 Å². The van der Waals surface area contributed by atoms with Crippen molar-refractivity contribution in [3.63, 3.8) is 0 Å². The second-order valence-electron chi connectivity index (χ2n) is 4.16. The van der Waals surface area contributed by atoms with Crippen LogP contribution in [0.1, 0.15) is 27.7 Å². The highest BCUT2D eigenvalue weighted by Gasteiger charge is 2.17. The van der Waals surface area contributed by atoms with Gasteiger partial charge in [0.05, 0.1) is 7.11 Å². The standard InChI is InChI=1S/C12H21N3O2/c1-6-13-11-10(16-5)12(15-7-14-11)17-9(4)8(2)3/h7-9H,6H2,1-5H3,(H,13,14,15). The predicted molar refractivity (Wildman–Crippen MR) is 67.7 cm³/mol. The number of hydrogen-bond acceptors (Lipinski definition) is 5. The van der Waals surface area contributed by atoms with E-state index < -0.39 is 0 Å². The normalized spacial score (nSPS) is 12.4. The lowest BCUT2D eigenvalue weighted by molar-refractivity contribution is 0.156. The van der Waals surface area contributed by atoms with Gasteiger partial charge in [-0.2, -0.15) is 4.98 Å². The van der Waals surface area contributed by atoms with Crippen LogP contribution in [0.5, 0.6) is 11.6 Å². The number of rotatable bonds is 6. The van der Waals surface area contributed by atoms with E-state index in [4.69, 9.17) is 9.47 Å². The summed E-state index contributed by atoms with van der Waals surface area (Å²) in [5, 5.41) is 3.11. The Morgan fingerprint density at radius 2 is 2.00 bits per heavy atom. The molecule has 0 fully saturated rings. The zero-order valence-electron chi connectivity index (χ0n) is 11.2. The van der Waals surface area contributed by atoms with Crippen LogP contribution in [0.15, 0.2) is 6.33 Å². The summed E-state index contributed by atoms with van der Waals surface area (Å²) in [7, 11) is 1.59. The fraction of sp³-hybridized carbons (Fsp3) is 0.667. The third-order valence-electron chi connectivity index (χ3n) is 2.56. The highest BCUT2D eigenvalue weighted by molar-refractivity contribution is 5.54. The Bertz CT molecular complexity index is 356. The Hall–Kier alpha value is -1.52. The van der Waals surface area contributed by atoms with Crippen LogP contribution in [-0.2, 0) is 0 Å². The van der Waals surface area contributed by atoms with Gasteiger partial charge in [-0.05, 0) is 19.8 Å². The van der Waals surface area contributed by atoms with Gasteiger partial charge in [-0.25, -0.2) is 4.98 Å². The first kappa shape index (κ1) is 13.5. The average molecular weight is 239 g/mol. The van der Waals surface area contributed by atoms with Gasteiger partial charge in [-0.15, -0.1) is 0 Å². The van der Waals surface area contributed by atoms with Gasteiger partial charge in [0.2, 0.25) is 5.75 Å². The molecule has 1 N–H and O–H groups in total. The lowest BCUT2D eigenvalue weighted by Crippen LogP contribution is -2.20. The van der Waals surface area contributed by atoms with Crippen molar-refractivity contribution in [3.8, 4) is 11.6 Å². The van der Waals surface area contributed by atoms with Gasteiger partial charge in [-0.1, -0.05) is 13.8 Å². The molecule has 5 nitrogen and oxygen atoms in total. The van der Waals surface area contributed by atoms with Gasteiger partial charge in [0.15, 0.2) is 5.82 Å². The van der Waals surface area contributed by atoms with Crippen LogP contribution < -0.4 is 14.8 Å². The van der Waals surface area contributed by atoms with Crippen LogP contribution in [0.4, 0.5) is 5.82 Å². The van der Waals surface area contributed by atoms with Crippen molar-refractivity contribution in [1.29, 1.82) is 0 Å². The third-order valence-corrected chi connectivity index (χ3v) is 2.56. The molecule has 1 aromatic rings. The zero-order chi connectivity index (χ0) is 12.8. The van der Waals surface area contributed by atoms with E-state index in [0.717, 1.165) is 6.54 Å². The summed E-state index contributed by atoms with van der Waals surface area (Å²) in [6, 6.07) is 0. The maximum Gasteiger partial charge on any atom is 0.262 e. The Labute approximate surface area is 103 Å². The van der Waals surface area contributed by atoms with E-state index in [-0.39, 0.29) is 6.10 Å². The van der Waals surface area contributed by atoms with Crippen LogP contribution in [0.2, 0.25) is 0 Å². The molecule has 0 aliphatic carbocycles. The van der Waals surface area contributed by atoms with E-state index in [1.807, 2.05) is 13.8 Å². The van der Waals surface area contributed by atoms with Gasteiger partial charge in [0.1, 0.15) is 12.4 Å². The van der Waals surface area contributed by atoms with Crippen LogP contribution in [-0.4, -0.2) is 29.7 Å². The molecule has 0 aromatic carbocycles. The van der Waals surface area contributed by atoms with Crippen molar-refractivity contribution >= 4 is 5.82 Å². The molecule has 0 aliphatic rings. The first-order chi connectivity index (χ1) is 8.10. The Morgan fingerprint density at radius 1 is 1.29 bits per heavy atom. The van der Waals surface area contributed by atoms with E-state index in [0.29, 0.717) is 23.4 Å². The molecule has 1 rings (SSSR count). The number of anilines is 1. The van der Waals surface area contributed by atoms with E-state index >= 15 is 0 Å². The molecule has 1 unspecified atom stereocenters. The molecule has 0 spiro atoms. The van der Waals surface area contributed by atoms with E-state index in [1.165, 1.54) is 6.33 Å². The van der Waals surface area contributed by atoms with Crippen molar-refractivity contribution in [2.75, 3.05) is 19.0 Å². The molecule has 0 saturated heterocycles. The summed E-state index contributed by atoms with van der Waals surface area (Å²) in [6.07, 6.45) is 1.55. The number of nitrogens with zero attached hydrogens (tertiary/aromatic N) is 2. The van der Waals surface area contributed by atoms with Crippen LogP contribution in [0, 0.1) is 5.92 Å². The molecule has 1 heterocycles. The average Bonchev–Trinajstić information content (AvgIpc) is 2.29. The topological polar surface area (TPSA) is 56.3 Å². The van der Waals surface area contributed by atoms with Gasteiger partial charge in [-0.3, -0.25) is 0 Å². The van der Waals surface area contributed by atoms with Gasteiger partial charge in [0, 0.05) is 6.54 Å². The van der Waals surface area contributed by atoms with Crippen molar-refractivity contribution in [2.45, 2.75) is 33.8 Å². The summed E-state index contributed by atoms with van der Waals surface area (Å²) in [5.41, 5.74) is 0. The highest BCUT2D eigenvalue weighted by Crippen LogP contribution is 2.31. The molecular weight excluding hydrogens is 218 g/mol. The monoisotopic (exact) mass is 239 g/mol. The Morgan fingerprint density at radius 3 is 2.53 bits per heavy atom. The van der Waals surface area contributed by atoms with Crippen molar-refractivity contribution in [1.82, 2.24) is 9.97 Å². The van der Waals surface area contributed by atoms with E-state index in [2.05, 4.69) is 29.1 Å². The van der Waals surface area contributed by atoms with Gasteiger partial charge >= 0.3 is 0 Å². The van der Waals surface area contributed by atoms with E-state index in [9.17, 15) is 0 Å². The van der Waals surface area contributed by atoms with Crippen molar-refractivity contribution in [2.24, 2.45) is 5.92 Å². The van der Waals surface area contributed by atoms with Gasteiger partial charge < -0.3 is 14.8 Å². The quantitative estimate of drug-likeness (QED) is 0.825.